The maximum Gasteiger partial charge on any atom is 0.189 e. The van der Waals surface area contributed by atoms with Crippen LogP contribution in [-0.4, -0.2) is 24.9 Å². The van der Waals surface area contributed by atoms with Crippen LogP contribution in [0.15, 0.2) is 51.8 Å². The number of ether oxygens (including phenoxy) is 3. The van der Waals surface area contributed by atoms with Gasteiger partial charge < -0.3 is 19.0 Å². The molecule has 0 N–H and O–H groups in total. The van der Waals surface area contributed by atoms with E-state index < -0.39 is 0 Å². The predicted molar refractivity (Wildman–Crippen MR) is 110 cm³/mol. The minimum atomic E-state index is -0.290. The van der Waals surface area contributed by atoms with Gasteiger partial charge in [-0.1, -0.05) is 18.2 Å². The van der Waals surface area contributed by atoms with Crippen LogP contribution >= 0.6 is 27.7 Å². The third kappa shape index (κ3) is 5.57. The van der Waals surface area contributed by atoms with Crippen molar-refractivity contribution >= 4 is 34.0 Å². The zero-order valence-electron chi connectivity index (χ0n) is 15.4. The first-order valence-corrected chi connectivity index (χ1v) is 10.6. The van der Waals surface area contributed by atoms with Gasteiger partial charge in [0, 0.05) is 14.9 Å². The maximum atomic E-state index is 11.5. The lowest BCUT2D eigenvalue weighted by molar-refractivity contribution is -0.382. The number of carbonyl (C=O) groups excluding carboxylic acids is 1. The number of carbonyl (C=O) groups is 1. The number of thioether (sulfide) groups is 1. The summed E-state index contributed by atoms with van der Waals surface area (Å²) >= 11 is 5.19. The highest BCUT2D eigenvalue weighted by molar-refractivity contribution is 9.10. The third-order valence-electron chi connectivity index (χ3n) is 4.40. The van der Waals surface area contributed by atoms with E-state index in [-0.39, 0.29) is 17.8 Å². The van der Waals surface area contributed by atoms with Gasteiger partial charge in [0.05, 0.1) is 12.4 Å². The summed E-state index contributed by atoms with van der Waals surface area (Å²) in [5.41, 5.74) is 2.23. The molecule has 0 bridgehead atoms. The third-order valence-corrected chi connectivity index (χ3v) is 6.58. The molecule has 2 aromatic carbocycles. The van der Waals surface area contributed by atoms with Gasteiger partial charge in [0.15, 0.2) is 12.6 Å². The van der Waals surface area contributed by atoms with Gasteiger partial charge in [-0.2, -0.15) is 0 Å². The van der Waals surface area contributed by atoms with E-state index in [9.17, 15) is 4.79 Å². The normalized spacial score (nSPS) is 20.0. The second kappa shape index (κ2) is 9.73. The fraction of sp³-hybridized carbons (Fsp3) is 0.381. The molecule has 0 radical (unpaired) electrons. The monoisotopic (exact) mass is 450 g/mol. The number of hydrogen-bond donors (Lipinski definition) is 0. The molecule has 3 rings (SSSR count). The zero-order chi connectivity index (χ0) is 19.2. The van der Waals surface area contributed by atoms with Gasteiger partial charge in [-0.05, 0) is 71.9 Å². The number of halogens is 1. The van der Waals surface area contributed by atoms with E-state index in [0.717, 1.165) is 46.2 Å². The van der Waals surface area contributed by atoms with Crippen molar-refractivity contribution < 1.29 is 19.0 Å². The topological polar surface area (TPSA) is 44.8 Å². The van der Waals surface area contributed by atoms with E-state index in [0.29, 0.717) is 0 Å². The molecule has 6 heteroatoms. The predicted octanol–water partition coefficient (Wildman–Crippen LogP) is 5.53. The molecule has 2 aromatic rings. The van der Waals surface area contributed by atoms with E-state index in [1.165, 1.54) is 5.56 Å². The van der Waals surface area contributed by atoms with Crippen molar-refractivity contribution in [1.82, 2.24) is 0 Å². The Kier molecular flexibility index (Phi) is 7.35. The summed E-state index contributed by atoms with van der Waals surface area (Å²) in [6.45, 7) is 1.87. The first-order chi connectivity index (χ1) is 13.1. The summed E-state index contributed by atoms with van der Waals surface area (Å²) in [7, 11) is 1.67. The molecule has 0 aromatic heterocycles. The van der Waals surface area contributed by atoms with Crippen LogP contribution in [-0.2, 0) is 20.7 Å². The van der Waals surface area contributed by atoms with Crippen molar-refractivity contribution in [2.45, 2.75) is 48.9 Å². The molecular formula is C21H23BrO4S. The first kappa shape index (κ1) is 20.4. The lowest BCUT2D eigenvalue weighted by Crippen LogP contribution is -2.31. The summed E-state index contributed by atoms with van der Waals surface area (Å²) in [5, 5.41) is -0.0679. The number of methoxy groups -OCH3 is 1. The van der Waals surface area contributed by atoms with Crippen LogP contribution in [0.2, 0.25) is 0 Å². The number of rotatable bonds is 9. The van der Waals surface area contributed by atoms with Gasteiger partial charge in [0.2, 0.25) is 0 Å². The van der Waals surface area contributed by atoms with Crippen molar-refractivity contribution in [3.63, 3.8) is 0 Å². The molecule has 1 aliphatic rings. The highest BCUT2D eigenvalue weighted by Crippen LogP contribution is 2.37. The van der Waals surface area contributed by atoms with E-state index in [1.54, 1.807) is 18.9 Å². The second-order valence-electron chi connectivity index (χ2n) is 6.39. The molecule has 1 atom stereocenters. The van der Waals surface area contributed by atoms with Gasteiger partial charge >= 0.3 is 0 Å². The van der Waals surface area contributed by atoms with Crippen molar-refractivity contribution in [3.05, 3.63) is 58.1 Å². The molecule has 0 spiro atoms. The fourth-order valence-corrected chi connectivity index (χ4v) is 4.55. The Balaban J connectivity index is 1.51. The average Bonchev–Trinajstić information content (AvgIpc) is 2.66. The van der Waals surface area contributed by atoms with Crippen molar-refractivity contribution in [3.8, 4) is 5.75 Å². The lowest BCUT2D eigenvalue weighted by atomic mass is 10.1. The van der Waals surface area contributed by atoms with E-state index >= 15 is 0 Å². The SMILES string of the molecule is COc1ccc(CCC[C@@H](C=O)Sc2ccc(C3OC(C)O3)cc2Br)cc1. The summed E-state index contributed by atoms with van der Waals surface area (Å²) in [6.07, 6.45) is 3.35. The molecular weight excluding hydrogens is 428 g/mol. The molecule has 1 fully saturated rings. The van der Waals surface area contributed by atoms with Gasteiger partial charge in [0.1, 0.15) is 12.0 Å². The van der Waals surface area contributed by atoms with Crippen LogP contribution < -0.4 is 4.74 Å². The quantitative estimate of drug-likeness (QED) is 0.371. The number of benzene rings is 2. The summed E-state index contributed by atoms with van der Waals surface area (Å²) < 4.78 is 17.2. The minimum Gasteiger partial charge on any atom is -0.497 e. The Labute approximate surface area is 172 Å². The van der Waals surface area contributed by atoms with E-state index in [1.807, 2.05) is 37.3 Å². The van der Waals surface area contributed by atoms with Gasteiger partial charge in [-0.15, -0.1) is 11.8 Å². The maximum absolute atomic E-state index is 11.5. The highest BCUT2D eigenvalue weighted by atomic mass is 79.9. The van der Waals surface area contributed by atoms with Crippen LogP contribution in [0.25, 0.3) is 0 Å². The molecule has 1 aliphatic heterocycles. The van der Waals surface area contributed by atoms with E-state index in [2.05, 4.69) is 28.1 Å². The summed E-state index contributed by atoms with van der Waals surface area (Å²) in [4.78, 5) is 12.6. The lowest BCUT2D eigenvalue weighted by Gasteiger charge is -2.34. The van der Waals surface area contributed by atoms with Crippen LogP contribution in [0.3, 0.4) is 0 Å². The van der Waals surface area contributed by atoms with Crippen LogP contribution in [0.1, 0.15) is 37.2 Å². The minimum absolute atomic E-state index is 0.0679. The molecule has 144 valence electrons. The summed E-state index contributed by atoms with van der Waals surface area (Å²) in [5.74, 6) is 0.862. The molecule has 0 aliphatic carbocycles. The molecule has 1 heterocycles. The first-order valence-electron chi connectivity index (χ1n) is 8.94. The number of aldehydes is 1. The van der Waals surface area contributed by atoms with E-state index in [4.69, 9.17) is 14.2 Å². The zero-order valence-corrected chi connectivity index (χ0v) is 17.8. The molecule has 0 saturated carbocycles. The number of hydrogen-bond acceptors (Lipinski definition) is 5. The van der Waals surface area contributed by atoms with Gasteiger partial charge in [0.25, 0.3) is 0 Å². The average molecular weight is 451 g/mol. The summed E-state index contributed by atoms with van der Waals surface area (Å²) in [6, 6.07) is 14.1. The number of aryl methyl sites for hydroxylation is 1. The van der Waals surface area contributed by atoms with Crippen LogP contribution in [0, 0.1) is 0 Å². The van der Waals surface area contributed by atoms with Crippen LogP contribution in [0.4, 0.5) is 0 Å². The second-order valence-corrected chi connectivity index (χ2v) is 8.53. The molecule has 4 nitrogen and oxygen atoms in total. The standard InChI is InChI=1S/C21H23BrO4S/c1-14-25-21(26-14)16-8-11-20(19(22)12-16)27-18(13-23)5-3-4-15-6-9-17(24-2)10-7-15/h6-14,18,21H,3-5H2,1-2H3/t14?,18-,21?/m0/s1. The van der Waals surface area contributed by atoms with Gasteiger partial charge in [-0.25, -0.2) is 0 Å². The Hall–Kier alpha value is -1.34. The largest absolute Gasteiger partial charge is 0.497 e. The van der Waals surface area contributed by atoms with Crippen molar-refractivity contribution in [1.29, 1.82) is 0 Å². The van der Waals surface area contributed by atoms with Gasteiger partial charge in [-0.3, -0.25) is 0 Å². The molecule has 27 heavy (non-hydrogen) atoms. The molecule has 1 saturated heterocycles. The smallest absolute Gasteiger partial charge is 0.189 e. The van der Waals surface area contributed by atoms with Crippen molar-refractivity contribution in [2.24, 2.45) is 0 Å². The molecule has 0 unspecified atom stereocenters. The van der Waals surface area contributed by atoms with Crippen molar-refractivity contribution in [2.75, 3.05) is 7.11 Å². The Morgan fingerprint density at radius 2 is 1.96 bits per heavy atom. The highest BCUT2D eigenvalue weighted by Gasteiger charge is 2.28. The fourth-order valence-electron chi connectivity index (χ4n) is 2.89. The Morgan fingerprint density at radius 1 is 1.22 bits per heavy atom. The Morgan fingerprint density at radius 3 is 2.56 bits per heavy atom. The molecule has 0 amide bonds. The van der Waals surface area contributed by atoms with Crippen LogP contribution in [0.5, 0.6) is 5.75 Å². The Bertz CT molecular complexity index is 759.